The molecule has 1 unspecified atom stereocenters. The summed E-state index contributed by atoms with van der Waals surface area (Å²) in [6, 6.07) is 2.51. The minimum Gasteiger partial charge on any atom is -0.348 e. The van der Waals surface area contributed by atoms with Crippen molar-refractivity contribution in [2.24, 2.45) is 11.1 Å². The predicted molar refractivity (Wildman–Crippen MR) is 77.6 cm³/mol. The van der Waals surface area contributed by atoms with Gasteiger partial charge in [0.15, 0.2) is 0 Å². The molecule has 1 aromatic heterocycles. The van der Waals surface area contributed by atoms with Crippen LogP contribution in [0.2, 0.25) is 0 Å². The second kappa shape index (κ2) is 4.93. The highest BCUT2D eigenvalue weighted by Crippen LogP contribution is 2.40. The average molecular weight is 246 g/mol. The molecule has 0 bridgehead atoms. The number of hydrogen-bond donors (Lipinski definition) is 1. The quantitative estimate of drug-likeness (QED) is 0.809. The third-order valence-electron chi connectivity index (χ3n) is 4.02. The molecule has 2 nitrogen and oxygen atoms in total. The lowest BCUT2D eigenvalue weighted by Gasteiger charge is -2.34. The molecule has 18 heavy (non-hydrogen) atoms. The highest BCUT2D eigenvalue weighted by atomic mass is 15.0. The lowest BCUT2D eigenvalue weighted by atomic mass is 9.74. The van der Waals surface area contributed by atoms with Gasteiger partial charge in [0, 0.05) is 24.0 Å². The van der Waals surface area contributed by atoms with Crippen LogP contribution in [0.4, 0.5) is 0 Å². The number of hydrogen-bond acceptors (Lipinski definition) is 1. The maximum atomic E-state index is 6.33. The van der Waals surface area contributed by atoms with Crippen LogP contribution in [0.1, 0.15) is 56.6 Å². The van der Waals surface area contributed by atoms with Crippen molar-refractivity contribution in [3.63, 3.8) is 0 Å². The molecular formula is C16H26N2. The van der Waals surface area contributed by atoms with Gasteiger partial charge < -0.3 is 10.3 Å². The molecule has 1 heterocycles. The monoisotopic (exact) mass is 246 g/mol. The molecule has 2 N–H and O–H groups in total. The Morgan fingerprint density at radius 1 is 1.50 bits per heavy atom. The van der Waals surface area contributed by atoms with E-state index in [1.807, 2.05) is 0 Å². The summed E-state index contributed by atoms with van der Waals surface area (Å²) in [5, 5.41) is 0. The van der Waals surface area contributed by atoms with Crippen molar-refractivity contribution < 1.29 is 0 Å². The Bertz CT molecular complexity index is 452. The first-order chi connectivity index (χ1) is 8.44. The van der Waals surface area contributed by atoms with Crippen LogP contribution in [0.5, 0.6) is 0 Å². The first kappa shape index (κ1) is 13.4. The van der Waals surface area contributed by atoms with Gasteiger partial charge in [-0.3, -0.25) is 0 Å². The van der Waals surface area contributed by atoms with E-state index in [4.69, 9.17) is 5.73 Å². The van der Waals surface area contributed by atoms with E-state index in [9.17, 15) is 0 Å². The summed E-state index contributed by atoms with van der Waals surface area (Å²) in [7, 11) is 0. The maximum absolute atomic E-state index is 6.33. The van der Waals surface area contributed by atoms with Gasteiger partial charge in [-0.25, -0.2) is 0 Å². The number of rotatable bonds is 3. The van der Waals surface area contributed by atoms with Crippen LogP contribution in [0.3, 0.4) is 0 Å². The summed E-state index contributed by atoms with van der Waals surface area (Å²) in [6.45, 7) is 10.0. The van der Waals surface area contributed by atoms with Crippen LogP contribution in [0, 0.1) is 12.3 Å². The van der Waals surface area contributed by atoms with E-state index in [0.29, 0.717) is 5.41 Å². The van der Waals surface area contributed by atoms with Gasteiger partial charge in [-0.2, -0.15) is 0 Å². The lowest BCUT2D eigenvalue weighted by Crippen LogP contribution is -2.30. The molecule has 2 rings (SSSR count). The second-order valence-electron chi connectivity index (χ2n) is 6.35. The predicted octanol–water partition coefficient (Wildman–Crippen LogP) is 3.73. The number of aromatic nitrogens is 1. The van der Waals surface area contributed by atoms with Gasteiger partial charge in [0.1, 0.15) is 0 Å². The SMILES string of the molecule is C/C=C/CCn1c(C)cc2c1CC(C)(C)CC2N. The fraction of sp³-hybridized carbons (Fsp3) is 0.625. The highest BCUT2D eigenvalue weighted by Gasteiger charge is 2.32. The smallest absolute Gasteiger partial charge is 0.0318 e. The molecule has 1 aliphatic rings. The molecule has 1 atom stereocenters. The summed E-state index contributed by atoms with van der Waals surface area (Å²) >= 11 is 0. The first-order valence-electron chi connectivity index (χ1n) is 7.00. The van der Waals surface area contributed by atoms with Crippen LogP contribution >= 0.6 is 0 Å². The Morgan fingerprint density at radius 2 is 2.22 bits per heavy atom. The van der Waals surface area contributed by atoms with Crippen LogP contribution in [-0.2, 0) is 13.0 Å². The molecule has 100 valence electrons. The maximum Gasteiger partial charge on any atom is 0.0318 e. The van der Waals surface area contributed by atoms with Crippen molar-refractivity contribution >= 4 is 0 Å². The molecule has 0 radical (unpaired) electrons. The summed E-state index contributed by atoms with van der Waals surface area (Å²) in [6.07, 6.45) is 7.72. The lowest BCUT2D eigenvalue weighted by molar-refractivity contribution is 0.275. The fourth-order valence-electron chi connectivity index (χ4n) is 3.19. The van der Waals surface area contributed by atoms with Crippen LogP contribution in [0.15, 0.2) is 18.2 Å². The molecule has 0 fully saturated rings. The number of allylic oxidation sites excluding steroid dienone is 2. The van der Waals surface area contributed by atoms with E-state index in [1.54, 1.807) is 0 Å². The van der Waals surface area contributed by atoms with Crippen molar-refractivity contribution in [2.75, 3.05) is 0 Å². The van der Waals surface area contributed by atoms with E-state index in [1.165, 1.54) is 17.0 Å². The summed E-state index contributed by atoms with van der Waals surface area (Å²) < 4.78 is 2.47. The molecular weight excluding hydrogens is 220 g/mol. The minimum absolute atomic E-state index is 0.213. The molecule has 0 aliphatic heterocycles. The Morgan fingerprint density at radius 3 is 2.89 bits per heavy atom. The molecule has 0 saturated heterocycles. The van der Waals surface area contributed by atoms with Crippen molar-refractivity contribution in [3.05, 3.63) is 35.2 Å². The molecule has 0 aromatic carbocycles. The van der Waals surface area contributed by atoms with Gasteiger partial charge in [0.05, 0.1) is 0 Å². The van der Waals surface area contributed by atoms with Gasteiger partial charge in [-0.15, -0.1) is 0 Å². The molecule has 0 saturated carbocycles. The van der Waals surface area contributed by atoms with Gasteiger partial charge in [-0.1, -0.05) is 26.0 Å². The van der Waals surface area contributed by atoms with Crippen LogP contribution in [-0.4, -0.2) is 4.57 Å². The van der Waals surface area contributed by atoms with Crippen molar-refractivity contribution in [3.8, 4) is 0 Å². The Kier molecular flexibility index (Phi) is 3.67. The summed E-state index contributed by atoms with van der Waals surface area (Å²) in [5.74, 6) is 0. The van der Waals surface area contributed by atoms with Gasteiger partial charge in [-0.05, 0) is 50.2 Å². The highest BCUT2D eigenvalue weighted by molar-refractivity contribution is 5.34. The van der Waals surface area contributed by atoms with Crippen molar-refractivity contribution in [1.82, 2.24) is 4.57 Å². The van der Waals surface area contributed by atoms with E-state index in [0.717, 1.165) is 25.8 Å². The molecule has 0 spiro atoms. The molecule has 0 amide bonds. The molecule has 1 aliphatic carbocycles. The van der Waals surface area contributed by atoms with Gasteiger partial charge in [0.25, 0.3) is 0 Å². The first-order valence-corrected chi connectivity index (χ1v) is 7.00. The number of nitrogens with two attached hydrogens (primary N) is 1. The number of fused-ring (bicyclic) bond motifs is 1. The summed E-state index contributed by atoms with van der Waals surface area (Å²) in [4.78, 5) is 0. The van der Waals surface area contributed by atoms with E-state index < -0.39 is 0 Å². The Hall–Kier alpha value is -1.02. The standard InChI is InChI=1S/C16H26N2/c1-5-6-7-8-18-12(2)9-13-14(17)10-16(3,4)11-15(13)18/h5-6,9,14H,7-8,10-11,17H2,1-4H3/b6-5+. The van der Waals surface area contributed by atoms with E-state index in [2.05, 4.69) is 50.5 Å². The normalized spacial score (nSPS) is 22.4. The fourth-order valence-corrected chi connectivity index (χ4v) is 3.19. The average Bonchev–Trinajstić information content (AvgIpc) is 2.56. The zero-order valence-corrected chi connectivity index (χ0v) is 12.2. The van der Waals surface area contributed by atoms with Gasteiger partial charge in [0.2, 0.25) is 0 Å². The summed E-state index contributed by atoms with van der Waals surface area (Å²) in [5.41, 5.74) is 10.9. The van der Waals surface area contributed by atoms with Crippen molar-refractivity contribution in [2.45, 2.75) is 59.5 Å². The topological polar surface area (TPSA) is 30.9 Å². The van der Waals surface area contributed by atoms with Crippen molar-refractivity contribution in [1.29, 1.82) is 0 Å². The van der Waals surface area contributed by atoms with Crippen LogP contribution < -0.4 is 5.73 Å². The van der Waals surface area contributed by atoms with E-state index >= 15 is 0 Å². The zero-order chi connectivity index (χ0) is 13.3. The largest absolute Gasteiger partial charge is 0.348 e. The molecule has 2 heteroatoms. The second-order valence-corrected chi connectivity index (χ2v) is 6.35. The minimum atomic E-state index is 0.213. The Balaban J connectivity index is 2.32. The van der Waals surface area contributed by atoms with Crippen LogP contribution in [0.25, 0.3) is 0 Å². The van der Waals surface area contributed by atoms with Gasteiger partial charge >= 0.3 is 0 Å². The Labute approximate surface area is 111 Å². The number of aryl methyl sites for hydroxylation is 1. The third-order valence-corrected chi connectivity index (χ3v) is 4.02. The number of nitrogens with zero attached hydrogens (tertiary/aromatic N) is 1. The third kappa shape index (κ3) is 2.54. The zero-order valence-electron chi connectivity index (χ0n) is 12.2. The van der Waals surface area contributed by atoms with E-state index in [-0.39, 0.29) is 6.04 Å². The molecule has 1 aromatic rings.